The summed E-state index contributed by atoms with van der Waals surface area (Å²) in [5, 5.41) is 3.06. The van der Waals surface area contributed by atoms with Gasteiger partial charge in [0.1, 0.15) is 0 Å². The number of aromatic nitrogens is 1. The van der Waals surface area contributed by atoms with Crippen LogP contribution in [0, 0.1) is 6.92 Å². The third kappa shape index (κ3) is 3.05. The Morgan fingerprint density at radius 3 is 3.05 bits per heavy atom. The molecule has 1 aliphatic heterocycles. The van der Waals surface area contributed by atoms with Gasteiger partial charge in [0.25, 0.3) is 5.91 Å². The monoisotopic (exact) mass is 315 g/mol. The van der Waals surface area contributed by atoms with E-state index in [1.807, 2.05) is 41.5 Å². The van der Waals surface area contributed by atoms with Gasteiger partial charge in [0.15, 0.2) is 0 Å². The normalized spacial score (nSPS) is 18.5. The first kappa shape index (κ1) is 15.2. The van der Waals surface area contributed by atoms with Crippen molar-refractivity contribution in [1.29, 1.82) is 0 Å². The molecule has 2 N–H and O–H groups in total. The maximum Gasteiger partial charge on any atom is 0.254 e. The molecule has 1 saturated heterocycles. The lowest BCUT2D eigenvalue weighted by Gasteiger charge is -2.35. The zero-order chi connectivity index (χ0) is 15.5. The lowest BCUT2D eigenvalue weighted by Crippen LogP contribution is -2.47. The first-order valence-corrected chi connectivity index (χ1v) is 8.60. The number of hydrogen-bond donors (Lipinski definition) is 1. The molecular formula is C17H21N3OS. The van der Waals surface area contributed by atoms with E-state index >= 15 is 0 Å². The topological polar surface area (TPSA) is 59.2 Å². The van der Waals surface area contributed by atoms with Crippen molar-refractivity contribution in [1.82, 2.24) is 9.88 Å². The van der Waals surface area contributed by atoms with E-state index in [0.717, 1.165) is 47.6 Å². The first-order chi connectivity index (χ1) is 10.7. The van der Waals surface area contributed by atoms with E-state index in [2.05, 4.69) is 4.98 Å². The molecule has 116 valence electrons. The maximum absolute atomic E-state index is 12.8. The number of nitrogens with zero attached hydrogens (tertiary/aromatic N) is 2. The lowest BCUT2D eigenvalue weighted by atomic mass is 10.00. The summed E-state index contributed by atoms with van der Waals surface area (Å²) in [7, 11) is 0. The van der Waals surface area contributed by atoms with Gasteiger partial charge in [-0.1, -0.05) is 12.1 Å². The second-order valence-corrected chi connectivity index (χ2v) is 6.78. The molecule has 5 heteroatoms. The number of aryl methyl sites for hydroxylation is 1. The van der Waals surface area contributed by atoms with Crippen LogP contribution in [0.4, 0.5) is 0 Å². The van der Waals surface area contributed by atoms with Crippen molar-refractivity contribution < 1.29 is 4.79 Å². The molecule has 0 bridgehead atoms. The second kappa shape index (κ2) is 6.58. The molecule has 1 amide bonds. The van der Waals surface area contributed by atoms with Gasteiger partial charge in [-0.3, -0.25) is 4.79 Å². The molecule has 1 fully saturated rings. The zero-order valence-electron chi connectivity index (χ0n) is 12.8. The number of amides is 1. The lowest BCUT2D eigenvalue weighted by molar-refractivity contribution is 0.0623. The predicted octanol–water partition coefficient (Wildman–Crippen LogP) is 3.07. The molecular weight excluding hydrogens is 294 g/mol. The minimum absolute atomic E-state index is 0.0870. The van der Waals surface area contributed by atoms with E-state index < -0.39 is 0 Å². The molecule has 0 saturated carbocycles. The Labute approximate surface area is 135 Å². The van der Waals surface area contributed by atoms with Gasteiger partial charge in [-0.05, 0) is 38.3 Å². The maximum atomic E-state index is 12.8. The van der Waals surface area contributed by atoms with E-state index in [1.165, 1.54) is 0 Å². The Kier molecular flexibility index (Phi) is 4.55. The molecule has 4 nitrogen and oxygen atoms in total. The van der Waals surface area contributed by atoms with Gasteiger partial charge in [0.05, 0.1) is 10.7 Å². The third-order valence-electron chi connectivity index (χ3n) is 4.18. The molecule has 1 atom stereocenters. The van der Waals surface area contributed by atoms with Crippen molar-refractivity contribution in [3.63, 3.8) is 0 Å². The highest BCUT2D eigenvalue weighted by Gasteiger charge is 2.26. The van der Waals surface area contributed by atoms with Crippen LogP contribution in [0.15, 0.2) is 29.6 Å². The number of benzene rings is 1. The summed E-state index contributed by atoms with van der Waals surface area (Å²) in [6.07, 6.45) is 3.23. The standard InChI is InChI=1S/C17H21N3OS/c1-12-19-16(11-22-12)13-5-4-6-14(9-13)17(21)20-8-3-2-7-15(20)10-18/h4-6,9,11,15H,2-3,7-8,10,18H2,1H3. The van der Waals surface area contributed by atoms with Crippen molar-refractivity contribution in [2.75, 3.05) is 13.1 Å². The average Bonchev–Trinajstić information content (AvgIpc) is 3.01. The van der Waals surface area contributed by atoms with Gasteiger partial charge in [-0.2, -0.15) is 0 Å². The van der Waals surface area contributed by atoms with Crippen LogP contribution in [0.5, 0.6) is 0 Å². The molecule has 1 aromatic heterocycles. The summed E-state index contributed by atoms with van der Waals surface area (Å²) in [5.74, 6) is 0.0870. The first-order valence-electron chi connectivity index (χ1n) is 7.72. The van der Waals surface area contributed by atoms with Crippen LogP contribution >= 0.6 is 11.3 Å². The van der Waals surface area contributed by atoms with Crippen molar-refractivity contribution in [2.24, 2.45) is 5.73 Å². The summed E-state index contributed by atoms with van der Waals surface area (Å²) in [6.45, 7) is 3.33. The Balaban J connectivity index is 1.86. The Hall–Kier alpha value is -1.72. The highest BCUT2D eigenvalue weighted by Crippen LogP contribution is 2.24. The van der Waals surface area contributed by atoms with Crippen molar-refractivity contribution in [2.45, 2.75) is 32.2 Å². The number of likely N-dealkylation sites (tertiary alicyclic amines) is 1. The Morgan fingerprint density at radius 1 is 1.45 bits per heavy atom. The van der Waals surface area contributed by atoms with Crippen LogP contribution in [0.1, 0.15) is 34.6 Å². The number of nitrogens with two attached hydrogens (primary N) is 1. The van der Waals surface area contributed by atoms with Crippen molar-refractivity contribution >= 4 is 17.2 Å². The number of carbonyl (C=O) groups is 1. The average molecular weight is 315 g/mol. The van der Waals surface area contributed by atoms with Crippen LogP contribution in [0.3, 0.4) is 0 Å². The van der Waals surface area contributed by atoms with Crippen LogP contribution in [0.25, 0.3) is 11.3 Å². The van der Waals surface area contributed by atoms with Crippen LogP contribution in [-0.2, 0) is 0 Å². The van der Waals surface area contributed by atoms with Crippen molar-refractivity contribution in [3.8, 4) is 11.3 Å². The number of hydrogen-bond acceptors (Lipinski definition) is 4. The summed E-state index contributed by atoms with van der Waals surface area (Å²) in [4.78, 5) is 19.2. The fourth-order valence-corrected chi connectivity index (χ4v) is 3.61. The van der Waals surface area contributed by atoms with Gasteiger partial charge >= 0.3 is 0 Å². The largest absolute Gasteiger partial charge is 0.334 e. The molecule has 1 unspecified atom stereocenters. The number of carbonyl (C=O) groups excluding carboxylic acids is 1. The molecule has 0 spiro atoms. The van der Waals surface area contributed by atoms with Gasteiger partial charge in [0.2, 0.25) is 0 Å². The van der Waals surface area contributed by atoms with E-state index in [4.69, 9.17) is 5.73 Å². The third-order valence-corrected chi connectivity index (χ3v) is 4.96. The molecule has 3 rings (SSSR count). The molecule has 1 aliphatic rings. The molecule has 0 radical (unpaired) electrons. The van der Waals surface area contributed by atoms with E-state index in [0.29, 0.717) is 6.54 Å². The highest BCUT2D eigenvalue weighted by molar-refractivity contribution is 7.09. The van der Waals surface area contributed by atoms with E-state index in [-0.39, 0.29) is 11.9 Å². The molecule has 22 heavy (non-hydrogen) atoms. The molecule has 2 heterocycles. The van der Waals surface area contributed by atoms with E-state index in [1.54, 1.807) is 11.3 Å². The van der Waals surface area contributed by atoms with E-state index in [9.17, 15) is 4.79 Å². The van der Waals surface area contributed by atoms with Crippen LogP contribution in [0.2, 0.25) is 0 Å². The predicted molar refractivity (Wildman–Crippen MR) is 90.0 cm³/mol. The number of rotatable bonds is 3. The summed E-state index contributed by atoms with van der Waals surface area (Å²) in [5.41, 5.74) is 8.49. The molecule has 1 aromatic carbocycles. The van der Waals surface area contributed by atoms with Gasteiger partial charge in [-0.15, -0.1) is 11.3 Å². The zero-order valence-corrected chi connectivity index (χ0v) is 13.6. The molecule has 2 aromatic rings. The van der Waals surface area contributed by atoms with Crippen LogP contribution in [-0.4, -0.2) is 34.9 Å². The van der Waals surface area contributed by atoms with Gasteiger partial charge < -0.3 is 10.6 Å². The van der Waals surface area contributed by atoms with Gasteiger partial charge in [0, 0.05) is 35.6 Å². The summed E-state index contributed by atoms with van der Waals surface area (Å²) >= 11 is 1.62. The quantitative estimate of drug-likeness (QED) is 0.947. The fraction of sp³-hybridized carbons (Fsp3) is 0.412. The fourth-order valence-electron chi connectivity index (χ4n) is 2.99. The van der Waals surface area contributed by atoms with Crippen molar-refractivity contribution in [3.05, 3.63) is 40.2 Å². The number of piperidine rings is 1. The number of thiazole rings is 1. The Morgan fingerprint density at radius 2 is 2.32 bits per heavy atom. The SMILES string of the molecule is Cc1nc(-c2cccc(C(=O)N3CCCCC3CN)c2)cs1. The highest BCUT2D eigenvalue weighted by atomic mass is 32.1. The minimum Gasteiger partial charge on any atom is -0.334 e. The van der Waals surface area contributed by atoms with Gasteiger partial charge in [-0.25, -0.2) is 4.98 Å². The van der Waals surface area contributed by atoms with Crippen LogP contribution < -0.4 is 5.73 Å². The Bertz CT molecular complexity index is 667. The molecule has 0 aliphatic carbocycles. The second-order valence-electron chi connectivity index (χ2n) is 5.72. The smallest absolute Gasteiger partial charge is 0.254 e. The summed E-state index contributed by atoms with van der Waals surface area (Å²) in [6, 6.07) is 7.93. The summed E-state index contributed by atoms with van der Waals surface area (Å²) < 4.78 is 0. The minimum atomic E-state index is 0.0870.